The van der Waals surface area contributed by atoms with Gasteiger partial charge in [0, 0.05) is 62.8 Å². The first-order valence-electron chi connectivity index (χ1n) is 12.3. The number of methoxy groups -OCH3 is 2. The third-order valence-corrected chi connectivity index (χ3v) is 6.44. The minimum Gasteiger partial charge on any atom is -0.462 e. The van der Waals surface area contributed by atoms with Gasteiger partial charge in [-0.1, -0.05) is 13.8 Å². The van der Waals surface area contributed by atoms with E-state index in [1.165, 1.54) is 0 Å². The van der Waals surface area contributed by atoms with Crippen LogP contribution in [0.4, 0.5) is 0 Å². The summed E-state index contributed by atoms with van der Waals surface area (Å²) >= 11 is 0. The lowest BCUT2D eigenvalue weighted by atomic mass is 9.84. The van der Waals surface area contributed by atoms with Crippen LogP contribution >= 0.6 is 0 Å². The van der Waals surface area contributed by atoms with Gasteiger partial charge in [0.05, 0.1) is 13.2 Å². The maximum Gasteiger partial charge on any atom is 0.354 e. The summed E-state index contributed by atoms with van der Waals surface area (Å²) in [5.74, 6) is -0.659. The highest BCUT2D eigenvalue weighted by molar-refractivity contribution is 5.78. The summed E-state index contributed by atoms with van der Waals surface area (Å²) in [5.41, 5.74) is 8.74. The molecule has 2 atom stereocenters. The first-order valence-corrected chi connectivity index (χ1v) is 12.3. The van der Waals surface area contributed by atoms with Gasteiger partial charge < -0.3 is 24.2 Å². The van der Waals surface area contributed by atoms with Crippen molar-refractivity contribution >= 4 is 11.7 Å². The van der Waals surface area contributed by atoms with E-state index in [4.69, 9.17) is 14.2 Å². The molecule has 1 aliphatic heterocycles. The smallest absolute Gasteiger partial charge is 0.354 e. The molecule has 1 fully saturated rings. The number of nitrogens with one attached hydrogen (secondary N) is 2. The van der Waals surface area contributed by atoms with E-state index in [1.807, 2.05) is 26.2 Å². The monoisotopic (exact) mass is 492 g/mol. The average Bonchev–Trinajstić information content (AvgIpc) is 2.82. The second-order valence-electron chi connectivity index (χ2n) is 10.1. The highest BCUT2D eigenvalue weighted by atomic mass is 16.6. The Morgan fingerprint density at radius 2 is 2.06 bits per heavy atom. The first-order chi connectivity index (χ1) is 16.5. The van der Waals surface area contributed by atoms with Crippen molar-refractivity contribution in [2.24, 2.45) is 5.41 Å². The van der Waals surface area contributed by atoms with Gasteiger partial charge in [-0.15, -0.1) is 0 Å². The molecule has 1 saturated heterocycles. The van der Waals surface area contributed by atoms with Gasteiger partial charge in [0.1, 0.15) is 6.23 Å². The Labute approximate surface area is 210 Å². The van der Waals surface area contributed by atoms with Crippen molar-refractivity contribution < 1.29 is 24.1 Å². The van der Waals surface area contributed by atoms with Crippen LogP contribution in [0.25, 0.3) is 5.70 Å². The van der Waals surface area contributed by atoms with Crippen molar-refractivity contribution in [2.45, 2.75) is 79.4 Å². The number of hydrogen-bond donors (Lipinski definition) is 3. The fraction of sp³-hybridized carbons (Fsp3) is 0.692. The molecule has 3 N–H and O–H groups in total. The van der Waals surface area contributed by atoms with Crippen LogP contribution in [0.5, 0.6) is 0 Å². The minimum absolute atomic E-state index is 0.152. The Hall–Kier alpha value is -2.04. The lowest BCUT2D eigenvalue weighted by Crippen LogP contribution is -2.61. The predicted molar refractivity (Wildman–Crippen MR) is 136 cm³/mol. The van der Waals surface area contributed by atoms with Crippen LogP contribution in [0, 0.1) is 12.3 Å². The largest absolute Gasteiger partial charge is 0.462 e. The minimum atomic E-state index is -1.69. The molecule has 1 aliphatic rings. The predicted octanol–water partition coefficient (Wildman–Crippen LogP) is 3.12. The topological polar surface area (TPSA) is 105 Å². The summed E-state index contributed by atoms with van der Waals surface area (Å²) in [6.07, 6.45) is 5.24. The zero-order chi connectivity index (χ0) is 26.2. The number of aryl methyl sites for hydroxylation is 1. The molecule has 0 radical (unpaired) electrons. The summed E-state index contributed by atoms with van der Waals surface area (Å²) in [6.45, 7) is 14.4. The molecular formula is C26H44N4O5. The van der Waals surface area contributed by atoms with Crippen molar-refractivity contribution in [3.8, 4) is 0 Å². The number of carbonyl (C=O) groups is 1. The van der Waals surface area contributed by atoms with Crippen molar-refractivity contribution in [1.29, 1.82) is 0 Å². The van der Waals surface area contributed by atoms with Gasteiger partial charge in [-0.05, 0) is 57.2 Å². The van der Waals surface area contributed by atoms with Gasteiger partial charge in [-0.3, -0.25) is 10.4 Å². The number of nitrogens with zero attached hydrogens (tertiary/aromatic N) is 2. The fourth-order valence-electron chi connectivity index (χ4n) is 4.58. The van der Waals surface area contributed by atoms with Crippen LogP contribution in [0.15, 0.2) is 18.0 Å². The van der Waals surface area contributed by atoms with Gasteiger partial charge in [-0.2, -0.15) is 0 Å². The molecule has 2 unspecified atom stereocenters. The number of pyridine rings is 1. The number of aromatic nitrogens is 1. The molecule has 0 aromatic carbocycles. The van der Waals surface area contributed by atoms with Gasteiger partial charge in [0.15, 0.2) is 0 Å². The van der Waals surface area contributed by atoms with E-state index in [1.54, 1.807) is 14.2 Å². The molecule has 0 spiro atoms. The number of hydrogen-bond acceptors (Lipinski definition) is 9. The van der Waals surface area contributed by atoms with E-state index < -0.39 is 11.7 Å². The van der Waals surface area contributed by atoms with Gasteiger partial charge in [0.25, 0.3) is 0 Å². The third-order valence-electron chi connectivity index (χ3n) is 6.44. The lowest BCUT2D eigenvalue weighted by molar-refractivity contribution is -0.177. The second-order valence-corrected chi connectivity index (χ2v) is 10.1. The Balaban J connectivity index is 2.38. The molecule has 0 saturated carbocycles. The molecule has 0 amide bonds. The molecule has 2 heterocycles. The van der Waals surface area contributed by atoms with E-state index >= 15 is 0 Å². The highest BCUT2D eigenvalue weighted by Crippen LogP contribution is 2.35. The molecule has 1 aromatic rings. The SMILES string of the molecule is CCN(/C(=C(\C)CC(C)(C)COC(=O)C1(O)CCCNN1)c1cncc(C)c1COC)C(C)OC. The van der Waals surface area contributed by atoms with Gasteiger partial charge in [0.2, 0.25) is 5.72 Å². The van der Waals surface area contributed by atoms with E-state index in [-0.39, 0.29) is 18.2 Å². The number of esters is 1. The second kappa shape index (κ2) is 12.8. The zero-order valence-electron chi connectivity index (χ0n) is 22.7. The van der Waals surface area contributed by atoms with Crippen LogP contribution < -0.4 is 10.9 Å². The number of hydrazine groups is 1. The van der Waals surface area contributed by atoms with Crippen molar-refractivity contribution in [1.82, 2.24) is 20.7 Å². The summed E-state index contributed by atoms with van der Waals surface area (Å²) in [4.78, 5) is 19.3. The Morgan fingerprint density at radius 3 is 2.63 bits per heavy atom. The van der Waals surface area contributed by atoms with Crippen molar-refractivity contribution in [3.05, 3.63) is 34.7 Å². The van der Waals surface area contributed by atoms with Crippen molar-refractivity contribution in [2.75, 3.05) is 33.9 Å². The third kappa shape index (κ3) is 7.47. The molecule has 0 bridgehead atoms. The molecule has 35 heavy (non-hydrogen) atoms. The molecule has 0 aliphatic carbocycles. The quantitative estimate of drug-likeness (QED) is 0.300. The summed E-state index contributed by atoms with van der Waals surface area (Å²) in [6, 6.07) is 0. The van der Waals surface area contributed by atoms with Gasteiger partial charge >= 0.3 is 5.97 Å². The van der Waals surface area contributed by atoms with Crippen LogP contribution in [-0.4, -0.2) is 66.8 Å². The number of ether oxygens (including phenoxy) is 3. The highest BCUT2D eigenvalue weighted by Gasteiger charge is 2.40. The number of carbonyl (C=O) groups excluding carboxylic acids is 1. The van der Waals surface area contributed by atoms with E-state index in [9.17, 15) is 9.90 Å². The summed E-state index contributed by atoms with van der Waals surface area (Å²) < 4.78 is 16.8. The van der Waals surface area contributed by atoms with Crippen LogP contribution in [0.3, 0.4) is 0 Å². The standard InChI is InChI=1S/C26H44N4O5/c1-9-30(20(4)34-8)23(21-15-27-14-19(3)22(21)16-33-7)18(2)13-25(5,6)17-35-24(31)26(32)11-10-12-28-29-26/h14-15,20,28-29,32H,9-13,16-17H2,1-8H3/b23-18+. The number of rotatable bonds is 12. The van der Waals surface area contributed by atoms with Crippen LogP contribution in [-0.2, 0) is 25.6 Å². The normalized spacial score (nSPS) is 20.3. The molecular weight excluding hydrogens is 448 g/mol. The van der Waals surface area contributed by atoms with Gasteiger partial charge in [-0.25, -0.2) is 10.2 Å². The number of aliphatic hydroxyl groups is 1. The van der Waals surface area contributed by atoms with Crippen LogP contribution in [0.1, 0.15) is 70.6 Å². The zero-order valence-corrected chi connectivity index (χ0v) is 22.7. The molecule has 9 heteroatoms. The van der Waals surface area contributed by atoms with E-state index in [2.05, 4.69) is 48.4 Å². The Bertz CT molecular complexity index is 880. The Kier molecular flexibility index (Phi) is 10.7. The maximum atomic E-state index is 12.6. The van der Waals surface area contributed by atoms with E-state index in [0.717, 1.165) is 34.5 Å². The van der Waals surface area contributed by atoms with E-state index in [0.29, 0.717) is 32.4 Å². The molecule has 1 aromatic heterocycles. The molecule has 9 nitrogen and oxygen atoms in total. The van der Waals surface area contributed by atoms with Crippen molar-refractivity contribution in [3.63, 3.8) is 0 Å². The lowest BCUT2D eigenvalue weighted by Gasteiger charge is -2.36. The summed E-state index contributed by atoms with van der Waals surface area (Å²) in [5, 5.41) is 10.6. The fourth-order valence-corrected chi connectivity index (χ4v) is 4.58. The summed E-state index contributed by atoms with van der Waals surface area (Å²) in [7, 11) is 3.39. The maximum absolute atomic E-state index is 12.6. The first kappa shape index (κ1) is 29.2. The Morgan fingerprint density at radius 1 is 1.34 bits per heavy atom. The average molecular weight is 493 g/mol. The van der Waals surface area contributed by atoms with Crippen LogP contribution in [0.2, 0.25) is 0 Å². The molecule has 2 rings (SSSR count). The number of allylic oxidation sites excluding steroid dienone is 1. The molecule has 198 valence electrons.